The van der Waals surface area contributed by atoms with Crippen molar-refractivity contribution in [1.82, 2.24) is 0 Å². The van der Waals surface area contributed by atoms with E-state index in [9.17, 15) is 4.79 Å². The zero-order valence-corrected chi connectivity index (χ0v) is 14.5. The Morgan fingerprint density at radius 1 is 1.24 bits per heavy atom. The van der Waals surface area contributed by atoms with Crippen molar-refractivity contribution in [1.29, 1.82) is 0 Å². The summed E-state index contributed by atoms with van der Waals surface area (Å²) in [6.45, 7) is 1.89. The number of anilines is 2. The number of ether oxygens (including phenoxy) is 1. The summed E-state index contributed by atoms with van der Waals surface area (Å²) in [5.41, 5.74) is 8.01. The van der Waals surface area contributed by atoms with Crippen molar-refractivity contribution in [3.8, 4) is 5.75 Å². The molecule has 0 bridgehead atoms. The highest BCUT2D eigenvalue weighted by atomic mass is 79.9. The Morgan fingerprint density at radius 2 is 1.90 bits per heavy atom. The fraction of sp³-hybridized carbons (Fsp3) is 0.133. The van der Waals surface area contributed by atoms with Gasteiger partial charge in [-0.05, 0) is 68.6 Å². The molecule has 0 aliphatic carbocycles. The van der Waals surface area contributed by atoms with Gasteiger partial charge in [-0.1, -0.05) is 6.07 Å². The first-order valence-corrected chi connectivity index (χ1v) is 7.78. The van der Waals surface area contributed by atoms with Crippen LogP contribution in [-0.4, -0.2) is 12.5 Å². The maximum atomic E-state index is 12.0. The van der Waals surface area contributed by atoms with Gasteiger partial charge in [0.05, 0.1) is 5.69 Å². The van der Waals surface area contributed by atoms with Gasteiger partial charge in [0.25, 0.3) is 5.91 Å². The molecule has 0 saturated carbocycles. The van der Waals surface area contributed by atoms with E-state index in [0.29, 0.717) is 17.1 Å². The zero-order valence-electron chi connectivity index (χ0n) is 11.3. The molecule has 0 heterocycles. The molecule has 0 aliphatic rings. The maximum absolute atomic E-state index is 12.0. The Labute approximate surface area is 139 Å². The number of halogens is 2. The van der Waals surface area contributed by atoms with Gasteiger partial charge in [-0.2, -0.15) is 0 Å². The normalized spacial score (nSPS) is 10.2. The molecule has 0 aliphatic heterocycles. The summed E-state index contributed by atoms with van der Waals surface area (Å²) in [7, 11) is 0. The predicted octanol–water partition coefficient (Wildman–Crippen LogP) is 4.12. The molecule has 1 amide bonds. The summed E-state index contributed by atoms with van der Waals surface area (Å²) in [6.07, 6.45) is 0. The van der Waals surface area contributed by atoms with Crippen molar-refractivity contribution in [2.75, 3.05) is 17.7 Å². The number of nitrogen functional groups attached to an aromatic ring is 1. The Hall–Kier alpha value is -1.53. The molecule has 0 aromatic heterocycles. The van der Waals surface area contributed by atoms with Crippen LogP contribution in [0.1, 0.15) is 5.56 Å². The van der Waals surface area contributed by atoms with Crippen molar-refractivity contribution in [3.05, 3.63) is 50.9 Å². The van der Waals surface area contributed by atoms with Crippen molar-refractivity contribution in [3.63, 3.8) is 0 Å². The first-order valence-electron chi connectivity index (χ1n) is 6.19. The third-order valence-electron chi connectivity index (χ3n) is 2.68. The first kappa shape index (κ1) is 15.9. The molecule has 2 rings (SSSR count). The second-order valence-electron chi connectivity index (χ2n) is 4.51. The van der Waals surface area contributed by atoms with Crippen LogP contribution in [0.3, 0.4) is 0 Å². The molecular formula is C15H14Br2N2O2. The molecule has 2 aromatic rings. The lowest BCUT2D eigenvalue weighted by atomic mass is 10.2. The van der Waals surface area contributed by atoms with Gasteiger partial charge in [0.2, 0.25) is 0 Å². The van der Waals surface area contributed by atoms with E-state index in [1.807, 2.05) is 19.1 Å². The number of carbonyl (C=O) groups excluding carboxylic acids is 1. The third kappa shape index (κ3) is 4.47. The summed E-state index contributed by atoms with van der Waals surface area (Å²) in [4.78, 5) is 12.0. The quantitative estimate of drug-likeness (QED) is 0.741. The van der Waals surface area contributed by atoms with Crippen LogP contribution in [0.15, 0.2) is 45.3 Å². The number of hydrogen-bond acceptors (Lipinski definition) is 3. The van der Waals surface area contributed by atoms with E-state index < -0.39 is 0 Å². The van der Waals surface area contributed by atoms with Gasteiger partial charge in [-0.25, -0.2) is 0 Å². The largest absolute Gasteiger partial charge is 0.484 e. The highest BCUT2D eigenvalue weighted by Crippen LogP contribution is 2.32. The van der Waals surface area contributed by atoms with Crippen LogP contribution in [0.2, 0.25) is 0 Å². The lowest BCUT2D eigenvalue weighted by Gasteiger charge is -2.11. The molecule has 2 aromatic carbocycles. The SMILES string of the molecule is Cc1cc(Br)c(NC(=O)COc2cccc(N)c2)c(Br)c1. The van der Waals surface area contributed by atoms with Gasteiger partial charge in [0, 0.05) is 20.7 Å². The first-order chi connectivity index (χ1) is 9.95. The highest BCUT2D eigenvalue weighted by molar-refractivity contribution is 9.11. The van der Waals surface area contributed by atoms with E-state index >= 15 is 0 Å². The molecular weight excluding hydrogens is 400 g/mol. The second kappa shape index (κ2) is 6.95. The minimum absolute atomic E-state index is 0.0871. The number of rotatable bonds is 4. The minimum Gasteiger partial charge on any atom is -0.484 e. The molecule has 0 atom stereocenters. The molecule has 3 N–H and O–H groups in total. The van der Waals surface area contributed by atoms with Gasteiger partial charge in [0.15, 0.2) is 6.61 Å². The lowest BCUT2D eigenvalue weighted by molar-refractivity contribution is -0.118. The molecule has 0 spiro atoms. The Bertz CT molecular complexity index is 651. The monoisotopic (exact) mass is 412 g/mol. The standard InChI is InChI=1S/C15H14Br2N2O2/c1-9-5-12(16)15(13(17)6-9)19-14(20)8-21-11-4-2-3-10(18)7-11/h2-7H,8,18H2,1H3,(H,19,20). The number of benzene rings is 2. The molecule has 4 nitrogen and oxygen atoms in total. The van der Waals surface area contributed by atoms with Crippen LogP contribution >= 0.6 is 31.9 Å². The molecule has 0 saturated heterocycles. The van der Waals surface area contributed by atoms with Crippen LogP contribution in [0.5, 0.6) is 5.75 Å². The summed E-state index contributed by atoms with van der Waals surface area (Å²) in [5.74, 6) is 0.315. The summed E-state index contributed by atoms with van der Waals surface area (Å²) < 4.78 is 7.03. The fourth-order valence-electron chi connectivity index (χ4n) is 1.75. The lowest BCUT2D eigenvalue weighted by Crippen LogP contribution is -2.20. The van der Waals surface area contributed by atoms with Gasteiger partial charge >= 0.3 is 0 Å². The van der Waals surface area contributed by atoms with Crippen LogP contribution in [0, 0.1) is 6.92 Å². The zero-order chi connectivity index (χ0) is 15.4. The summed E-state index contributed by atoms with van der Waals surface area (Å²) >= 11 is 6.86. The second-order valence-corrected chi connectivity index (χ2v) is 6.22. The van der Waals surface area contributed by atoms with Crippen LogP contribution in [-0.2, 0) is 4.79 Å². The minimum atomic E-state index is -0.248. The third-order valence-corrected chi connectivity index (χ3v) is 3.93. The highest BCUT2D eigenvalue weighted by Gasteiger charge is 2.10. The van der Waals surface area contributed by atoms with Crippen molar-refractivity contribution < 1.29 is 9.53 Å². The van der Waals surface area contributed by atoms with Crippen LogP contribution < -0.4 is 15.8 Å². The molecule has 6 heteroatoms. The van der Waals surface area contributed by atoms with Crippen LogP contribution in [0.25, 0.3) is 0 Å². The van der Waals surface area contributed by atoms with E-state index in [1.165, 1.54) is 0 Å². The fourth-order valence-corrected chi connectivity index (χ4v) is 3.36. The average molecular weight is 414 g/mol. The number of aryl methyl sites for hydroxylation is 1. The average Bonchev–Trinajstić information content (AvgIpc) is 2.40. The topological polar surface area (TPSA) is 64.3 Å². The van der Waals surface area contributed by atoms with E-state index in [1.54, 1.807) is 24.3 Å². The number of carbonyl (C=O) groups is 1. The Kier molecular flexibility index (Phi) is 5.25. The predicted molar refractivity (Wildman–Crippen MR) is 91.6 cm³/mol. The maximum Gasteiger partial charge on any atom is 0.262 e. The van der Waals surface area contributed by atoms with Crippen molar-refractivity contribution >= 4 is 49.1 Å². The van der Waals surface area contributed by atoms with E-state index in [4.69, 9.17) is 10.5 Å². The Morgan fingerprint density at radius 3 is 2.52 bits per heavy atom. The summed E-state index contributed by atoms with van der Waals surface area (Å²) in [5, 5.41) is 2.80. The Balaban J connectivity index is 1.99. The molecule has 110 valence electrons. The molecule has 21 heavy (non-hydrogen) atoms. The van der Waals surface area contributed by atoms with Gasteiger partial charge < -0.3 is 15.8 Å². The number of nitrogens with two attached hydrogens (primary N) is 1. The summed E-state index contributed by atoms with van der Waals surface area (Å²) in [6, 6.07) is 10.8. The molecule has 0 fully saturated rings. The smallest absolute Gasteiger partial charge is 0.262 e. The van der Waals surface area contributed by atoms with Crippen LogP contribution in [0.4, 0.5) is 11.4 Å². The van der Waals surface area contributed by atoms with Crippen molar-refractivity contribution in [2.24, 2.45) is 0 Å². The van der Waals surface area contributed by atoms with E-state index in [2.05, 4.69) is 37.2 Å². The number of hydrogen-bond donors (Lipinski definition) is 2. The van der Waals surface area contributed by atoms with E-state index in [0.717, 1.165) is 14.5 Å². The molecule has 0 radical (unpaired) electrons. The van der Waals surface area contributed by atoms with Crippen molar-refractivity contribution in [2.45, 2.75) is 6.92 Å². The van der Waals surface area contributed by atoms with Gasteiger partial charge in [-0.3, -0.25) is 4.79 Å². The van der Waals surface area contributed by atoms with E-state index in [-0.39, 0.29) is 12.5 Å². The van der Waals surface area contributed by atoms with Gasteiger partial charge in [-0.15, -0.1) is 0 Å². The number of amides is 1. The van der Waals surface area contributed by atoms with Gasteiger partial charge in [0.1, 0.15) is 5.75 Å². The molecule has 0 unspecified atom stereocenters. The number of nitrogens with one attached hydrogen (secondary N) is 1.